The molecule has 11 heteroatoms. The zero-order valence-corrected chi connectivity index (χ0v) is 22.2. The molecule has 3 N–H and O–H groups in total. The Morgan fingerprint density at radius 2 is 1.63 bits per heavy atom. The highest BCUT2D eigenvalue weighted by Crippen LogP contribution is 2.30. The van der Waals surface area contributed by atoms with E-state index in [-0.39, 0.29) is 28.2 Å². The zero-order valence-electron chi connectivity index (χ0n) is 20.7. The van der Waals surface area contributed by atoms with Crippen molar-refractivity contribution in [3.63, 3.8) is 0 Å². The highest BCUT2D eigenvalue weighted by atomic mass is 35.5. The van der Waals surface area contributed by atoms with Gasteiger partial charge in [-0.3, -0.25) is 14.4 Å². The lowest BCUT2D eigenvalue weighted by molar-refractivity contribution is -0.136. The van der Waals surface area contributed by atoms with Crippen LogP contribution in [-0.2, 0) is 20.8 Å². The van der Waals surface area contributed by atoms with E-state index < -0.39 is 11.8 Å². The summed E-state index contributed by atoms with van der Waals surface area (Å²) in [6.07, 6.45) is 2.12. The van der Waals surface area contributed by atoms with E-state index in [9.17, 15) is 14.4 Å². The quantitative estimate of drug-likeness (QED) is 0.183. The molecular weight excluding hydrogens is 531 g/mol. The Labute approximate surface area is 230 Å². The predicted molar refractivity (Wildman–Crippen MR) is 148 cm³/mol. The fraction of sp³-hybridized carbons (Fsp3) is 0.185. The Bertz CT molecular complexity index is 1350. The summed E-state index contributed by atoms with van der Waals surface area (Å²) in [6, 6.07) is 17.1. The molecule has 0 fully saturated rings. The van der Waals surface area contributed by atoms with Gasteiger partial charge < -0.3 is 20.1 Å². The lowest BCUT2D eigenvalue weighted by Crippen LogP contribution is -2.32. The SMILES string of the molecule is CCOc1cc(/C=N\NC(=O)C(=O)Nc2cccc(Cl)c2Cl)ccc1OCC(=O)Nc1ccccc1CC. The average molecular weight is 557 g/mol. The third kappa shape index (κ3) is 7.96. The molecule has 0 spiro atoms. The monoisotopic (exact) mass is 556 g/mol. The van der Waals surface area contributed by atoms with Crippen LogP contribution in [0.3, 0.4) is 0 Å². The summed E-state index contributed by atoms with van der Waals surface area (Å²) in [7, 11) is 0. The fourth-order valence-electron chi connectivity index (χ4n) is 3.27. The van der Waals surface area contributed by atoms with Crippen molar-refractivity contribution < 1.29 is 23.9 Å². The van der Waals surface area contributed by atoms with Crippen LogP contribution in [-0.4, -0.2) is 37.1 Å². The number of para-hydroxylation sites is 1. The van der Waals surface area contributed by atoms with Gasteiger partial charge in [0, 0.05) is 5.69 Å². The van der Waals surface area contributed by atoms with Gasteiger partial charge in [-0.25, -0.2) is 5.43 Å². The van der Waals surface area contributed by atoms with Gasteiger partial charge in [-0.05, 0) is 60.9 Å². The summed E-state index contributed by atoms with van der Waals surface area (Å²) < 4.78 is 11.3. The molecule has 0 radical (unpaired) electrons. The van der Waals surface area contributed by atoms with Crippen molar-refractivity contribution in [3.8, 4) is 11.5 Å². The molecule has 3 aromatic carbocycles. The van der Waals surface area contributed by atoms with E-state index in [0.717, 1.165) is 17.7 Å². The van der Waals surface area contributed by atoms with Gasteiger partial charge in [0.25, 0.3) is 5.91 Å². The summed E-state index contributed by atoms with van der Waals surface area (Å²) in [5.41, 5.74) is 4.66. The molecule has 0 bridgehead atoms. The number of anilines is 2. The second-order valence-electron chi connectivity index (χ2n) is 7.74. The third-order valence-corrected chi connectivity index (χ3v) is 5.90. The molecule has 38 heavy (non-hydrogen) atoms. The topological polar surface area (TPSA) is 118 Å². The first-order chi connectivity index (χ1) is 18.3. The summed E-state index contributed by atoms with van der Waals surface area (Å²) in [4.78, 5) is 36.6. The van der Waals surface area contributed by atoms with Gasteiger partial charge in [-0.1, -0.05) is 54.4 Å². The molecule has 0 aliphatic heterocycles. The van der Waals surface area contributed by atoms with Crippen LogP contribution in [0.1, 0.15) is 25.0 Å². The average Bonchev–Trinajstić information content (AvgIpc) is 2.91. The maximum absolute atomic E-state index is 12.4. The zero-order chi connectivity index (χ0) is 27.5. The summed E-state index contributed by atoms with van der Waals surface area (Å²) in [5, 5.41) is 9.38. The highest BCUT2D eigenvalue weighted by Gasteiger charge is 2.16. The van der Waals surface area contributed by atoms with Crippen LogP contribution in [0.4, 0.5) is 11.4 Å². The van der Waals surface area contributed by atoms with Crippen LogP contribution >= 0.6 is 23.2 Å². The molecule has 3 rings (SSSR count). The van der Waals surface area contributed by atoms with Crippen molar-refractivity contribution in [2.45, 2.75) is 20.3 Å². The number of aryl methyl sites for hydroxylation is 1. The maximum Gasteiger partial charge on any atom is 0.329 e. The van der Waals surface area contributed by atoms with Gasteiger partial charge in [0.2, 0.25) is 0 Å². The normalized spacial score (nSPS) is 10.6. The van der Waals surface area contributed by atoms with Gasteiger partial charge in [0.1, 0.15) is 0 Å². The maximum atomic E-state index is 12.4. The number of carbonyl (C=O) groups excluding carboxylic acids is 3. The van der Waals surface area contributed by atoms with Crippen molar-refractivity contribution >= 4 is 58.5 Å². The molecule has 0 saturated heterocycles. The Kier molecular flexibility index (Phi) is 10.5. The van der Waals surface area contributed by atoms with E-state index in [2.05, 4.69) is 21.2 Å². The number of benzene rings is 3. The Balaban J connectivity index is 1.58. The van der Waals surface area contributed by atoms with E-state index in [0.29, 0.717) is 23.7 Å². The van der Waals surface area contributed by atoms with E-state index in [1.54, 1.807) is 30.3 Å². The van der Waals surface area contributed by atoms with Crippen LogP contribution < -0.4 is 25.5 Å². The number of hydrogen-bond acceptors (Lipinski definition) is 6. The van der Waals surface area contributed by atoms with E-state index >= 15 is 0 Å². The summed E-state index contributed by atoms with van der Waals surface area (Å²) in [5.74, 6) is -1.52. The standard InChI is InChI=1S/C27H26Cl2N4O5/c1-3-18-8-5-6-10-20(18)31-24(34)16-38-22-13-12-17(14-23(22)37-4-2)15-30-33-27(36)26(35)32-21-11-7-9-19(28)25(21)29/h5-15H,3-4,16H2,1-2H3,(H,31,34)(H,32,35)(H,33,36)/b30-15-. The molecule has 198 valence electrons. The predicted octanol–water partition coefficient (Wildman–Crippen LogP) is 5.06. The third-order valence-electron chi connectivity index (χ3n) is 5.08. The lowest BCUT2D eigenvalue weighted by atomic mass is 10.1. The Morgan fingerprint density at radius 3 is 2.39 bits per heavy atom. The molecule has 0 aliphatic rings. The molecule has 3 aromatic rings. The number of rotatable bonds is 10. The number of halogens is 2. The summed E-state index contributed by atoms with van der Waals surface area (Å²) >= 11 is 11.9. The first kappa shape index (κ1) is 28.5. The molecule has 9 nitrogen and oxygen atoms in total. The van der Waals surface area contributed by atoms with E-state index in [4.69, 9.17) is 32.7 Å². The van der Waals surface area contributed by atoms with Gasteiger partial charge in [0.05, 0.1) is 28.6 Å². The molecule has 0 unspecified atom stereocenters. The second kappa shape index (κ2) is 14.0. The van der Waals surface area contributed by atoms with Crippen LogP contribution in [0.15, 0.2) is 65.8 Å². The number of nitrogens with zero attached hydrogens (tertiary/aromatic N) is 1. The van der Waals surface area contributed by atoms with Crippen LogP contribution in [0, 0.1) is 0 Å². The molecule has 0 aromatic heterocycles. The molecule has 0 aliphatic carbocycles. The van der Waals surface area contributed by atoms with E-state index in [1.807, 2.05) is 38.1 Å². The Hall–Kier alpha value is -4.08. The van der Waals surface area contributed by atoms with Gasteiger partial charge in [-0.15, -0.1) is 0 Å². The molecule has 0 heterocycles. The van der Waals surface area contributed by atoms with Gasteiger partial charge >= 0.3 is 11.8 Å². The Morgan fingerprint density at radius 1 is 0.868 bits per heavy atom. The van der Waals surface area contributed by atoms with Crippen LogP contribution in [0.2, 0.25) is 10.0 Å². The molecule has 3 amide bonds. The lowest BCUT2D eigenvalue weighted by Gasteiger charge is -2.13. The largest absolute Gasteiger partial charge is 0.490 e. The number of hydrogen-bond donors (Lipinski definition) is 3. The molecule has 0 atom stereocenters. The van der Waals surface area contributed by atoms with Crippen molar-refractivity contribution in [1.82, 2.24) is 5.43 Å². The highest BCUT2D eigenvalue weighted by molar-refractivity contribution is 6.45. The number of amides is 3. The number of ether oxygens (including phenoxy) is 2. The van der Waals surface area contributed by atoms with Crippen molar-refractivity contribution in [2.24, 2.45) is 5.10 Å². The second-order valence-corrected chi connectivity index (χ2v) is 8.53. The van der Waals surface area contributed by atoms with Crippen molar-refractivity contribution in [2.75, 3.05) is 23.8 Å². The van der Waals surface area contributed by atoms with E-state index in [1.165, 1.54) is 12.3 Å². The number of nitrogens with one attached hydrogen (secondary N) is 3. The number of hydrazone groups is 1. The van der Waals surface area contributed by atoms with Crippen LogP contribution in [0.5, 0.6) is 11.5 Å². The van der Waals surface area contributed by atoms with Gasteiger partial charge in [0.15, 0.2) is 18.1 Å². The fourth-order valence-corrected chi connectivity index (χ4v) is 3.62. The van der Waals surface area contributed by atoms with Gasteiger partial charge in [-0.2, -0.15) is 5.10 Å². The van der Waals surface area contributed by atoms with Crippen LogP contribution in [0.25, 0.3) is 0 Å². The molecular formula is C27H26Cl2N4O5. The van der Waals surface area contributed by atoms with Crippen molar-refractivity contribution in [1.29, 1.82) is 0 Å². The smallest absolute Gasteiger partial charge is 0.329 e. The molecule has 0 saturated carbocycles. The minimum Gasteiger partial charge on any atom is -0.490 e. The minimum absolute atomic E-state index is 0.118. The summed E-state index contributed by atoms with van der Waals surface area (Å²) in [6.45, 7) is 3.96. The minimum atomic E-state index is -1.00. The van der Waals surface area contributed by atoms with Crippen molar-refractivity contribution in [3.05, 3.63) is 81.8 Å². The number of carbonyl (C=O) groups is 3. The first-order valence-corrected chi connectivity index (χ1v) is 12.4. The first-order valence-electron chi connectivity index (χ1n) is 11.7.